The molecule has 0 spiro atoms. The van der Waals surface area contributed by atoms with Crippen LogP contribution in [0.4, 0.5) is 5.69 Å². The van der Waals surface area contributed by atoms with Gasteiger partial charge in [-0.15, -0.1) is 24.0 Å². The molecule has 2 fully saturated rings. The number of benzene rings is 1. The van der Waals surface area contributed by atoms with Crippen LogP contribution in [0.1, 0.15) is 26.2 Å². The maximum Gasteiger partial charge on any atom is 0.229 e. The highest BCUT2D eigenvalue weighted by Crippen LogP contribution is 2.21. The zero-order valence-corrected chi connectivity index (χ0v) is 16.9. The Labute approximate surface area is 166 Å². The van der Waals surface area contributed by atoms with Gasteiger partial charge >= 0.3 is 0 Å². The summed E-state index contributed by atoms with van der Waals surface area (Å²) >= 11 is 0. The molecule has 0 saturated carbocycles. The van der Waals surface area contributed by atoms with E-state index in [0.29, 0.717) is 19.5 Å². The van der Waals surface area contributed by atoms with Crippen LogP contribution in [0.25, 0.3) is 0 Å². The van der Waals surface area contributed by atoms with E-state index in [1.54, 1.807) is 0 Å². The lowest BCUT2D eigenvalue weighted by Gasteiger charge is -2.19. The standard InChI is InChI=1S/C18H26N4O2.HI/c1-2-19-18(20-12-16-9-6-10-24-16)21-14-11-17(23)22(13-14)15-7-4-3-5-8-15;/h3-5,7-8,14,16H,2,6,9-13H2,1H3,(H2,19,20,21);1H. The van der Waals surface area contributed by atoms with Crippen LogP contribution in [0.15, 0.2) is 35.3 Å². The number of halogens is 1. The zero-order chi connectivity index (χ0) is 16.8. The highest BCUT2D eigenvalue weighted by atomic mass is 127. The number of nitrogens with one attached hydrogen (secondary N) is 2. The molecular weight excluding hydrogens is 431 g/mol. The van der Waals surface area contributed by atoms with Crippen molar-refractivity contribution in [3.63, 3.8) is 0 Å². The second-order valence-electron chi connectivity index (χ2n) is 6.24. The molecule has 2 aliphatic heterocycles. The van der Waals surface area contributed by atoms with Gasteiger partial charge in [0.1, 0.15) is 0 Å². The fourth-order valence-corrected chi connectivity index (χ4v) is 3.16. The number of aliphatic imine (C=N–C) groups is 1. The fourth-order valence-electron chi connectivity index (χ4n) is 3.16. The molecule has 6 nitrogen and oxygen atoms in total. The summed E-state index contributed by atoms with van der Waals surface area (Å²) in [6.45, 7) is 5.00. The number of anilines is 1. The van der Waals surface area contributed by atoms with Crippen LogP contribution in [0, 0.1) is 0 Å². The van der Waals surface area contributed by atoms with Gasteiger partial charge in [-0.25, -0.2) is 0 Å². The Morgan fingerprint density at radius 1 is 1.36 bits per heavy atom. The van der Waals surface area contributed by atoms with E-state index < -0.39 is 0 Å². The zero-order valence-electron chi connectivity index (χ0n) is 14.6. The van der Waals surface area contributed by atoms with E-state index in [-0.39, 0.29) is 42.0 Å². The first-order chi connectivity index (χ1) is 11.8. The Morgan fingerprint density at radius 3 is 2.84 bits per heavy atom. The molecular formula is C18H27IN4O2. The van der Waals surface area contributed by atoms with Crippen molar-refractivity contribution in [3.8, 4) is 0 Å². The second kappa shape index (κ2) is 9.96. The maximum atomic E-state index is 12.3. The molecule has 2 N–H and O–H groups in total. The predicted octanol–water partition coefficient (Wildman–Crippen LogP) is 2.14. The molecule has 1 amide bonds. The number of ether oxygens (including phenoxy) is 1. The van der Waals surface area contributed by atoms with Crippen LogP contribution in [0.3, 0.4) is 0 Å². The summed E-state index contributed by atoms with van der Waals surface area (Å²) < 4.78 is 5.62. The molecule has 0 aromatic heterocycles. The topological polar surface area (TPSA) is 66.0 Å². The van der Waals surface area contributed by atoms with Gasteiger partial charge in [0.25, 0.3) is 0 Å². The number of nitrogens with zero attached hydrogens (tertiary/aromatic N) is 2. The Bertz CT molecular complexity index is 576. The first-order valence-corrected chi connectivity index (χ1v) is 8.78. The van der Waals surface area contributed by atoms with Gasteiger partial charge < -0.3 is 20.3 Å². The van der Waals surface area contributed by atoms with E-state index in [9.17, 15) is 4.79 Å². The lowest BCUT2D eigenvalue weighted by molar-refractivity contribution is -0.117. The van der Waals surface area contributed by atoms with Crippen LogP contribution in [-0.4, -0.2) is 50.3 Å². The van der Waals surface area contributed by atoms with Gasteiger partial charge in [0.2, 0.25) is 5.91 Å². The minimum Gasteiger partial charge on any atom is -0.376 e. The van der Waals surface area contributed by atoms with Crippen molar-refractivity contribution in [1.82, 2.24) is 10.6 Å². The molecule has 3 rings (SSSR count). The Morgan fingerprint density at radius 2 is 2.16 bits per heavy atom. The average molecular weight is 458 g/mol. The van der Waals surface area contributed by atoms with Crippen LogP contribution >= 0.6 is 24.0 Å². The summed E-state index contributed by atoms with van der Waals surface area (Å²) in [6, 6.07) is 9.88. The SMILES string of the molecule is CCNC(=NCC1CCCO1)NC1CC(=O)N(c2ccccc2)C1.I. The number of carbonyl (C=O) groups excluding carboxylic acids is 1. The van der Waals surface area contributed by atoms with E-state index in [1.165, 1.54) is 0 Å². The molecule has 25 heavy (non-hydrogen) atoms. The Hall–Kier alpha value is -1.35. The van der Waals surface area contributed by atoms with E-state index >= 15 is 0 Å². The molecule has 138 valence electrons. The van der Waals surface area contributed by atoms with Crippen molar-refractivity contribution in [1.29, 1.82) is 0 Å². The van der Waals surface area contributed by atoms with Gasteiger partial charge in [-0.3, -0.25) is 9.79 Å². The van der Waals surface area contributed by atoms with Crippen molar-refractivity contribution >= 4 is 41.5 Å². The van der Waals surface area contributed by atoms with E-state index in [4.69, 9.17) is 4.74 Å². The number of amides is 1. The molecule has 1 aromatic rings. The number of para-hydroxylation sites is 1. The molecule has 2 unspecified atom stereocenters. The number of hydrogen-bond donors (Lipinski definition) is 2. The van der Waals surface area contributed by atoms with E-state index in [2.05, 4.69) is 15.6 Å². The molecule has 7 heteroatoms. The van der Waals surface area contributed by atoms with Crippen LogP contribution < -0.4 is 15.5 Å². The summed E-state index contributed by atoms with van der Waals surface area (Å²) in [7, 11) is 0. The van der Waals surface area contributed by atoms with Crippen molar-refractivity contribution in [3.05, 3.63) is 30.3 Å². The number of guanidine groups is 1. The second-order valence-corrected chi connectivity index (χ2v) is 6.24. The van der Waals surface area contributed by atoms with Gasteiger partial charge in [-0.1, -0.05) is 18.2 Å². The smallest absolute Gasteiger partial charge is 0.229 e. The summed E-state index contributed by atoms with van der Waals surface area (Å²) in [5.41, 5.74) is 0.952. The third-order valence-corrected chi connectivity index (χ3v) is 4.35. The normalized spacial score (nSPS) is 23.5. The van der Waals surface area contributed by atoms with Gasteiger partial charge in [0.15, 0.2) is 5.96 Å². The van der Waals surface area contributed by atoms with Crippen LogP contribution in [0.2, 0.25) is 0 Å². The molecule has 0 bridgehead atoms. The van der Waals surface area contributed by atoms with Gasteiger partial charge in [-0.05, 0) is 31.9 Å². The molecule has 2 saturated heterocycles. The minimum absolute atomic E-state index is 0. The minimum atomic E-state index is 0. The average Bonchev–Trinajstić information content (AvgIpc) is 3.23. The summed E-state index contributed by atoms with van der Waals surface area (Å²) in [5.74, 6) is 0.911. The molecule has 1 aromatic carbocycles. The summed E-state index contributed by atoms with van der Waals surface area (Å²) in [4.78, 5) is 18.8. The molecule has 2 aliphatic rings. The third kappa shape index (κ3) is 5.57. The highest BCUT2D eigenvalue weighted by molar-refractivity contribution is 14.0. The maximum absolute atomic E-state index is 12.3. The fraction of sp³-hybridized carbons (Fsp3) is 0.556. The van der Waals surface area contributed by atoms with E-state index in [1.807, 2.05) is 42.2 Å². The first kappa shape index (κ1) is 20.0. The monoisotopic (exact) mass is 458 g/mol. The number of hydrogen-bond acceptors (Lipinski definition) is 3. The lowest BCUT2D eigenvalue weighted by Crippen LogP contribution is -2.45. The quantitative estimate of drug-likeness (QED) is 0.403. The number of rotatable bonds is 5. The van der Waals surface area contributed by atoms with Gasteiger partial charge in [0.05, 0.1) is 18.7 Å². The molecule has 0 aliphatic carbocycles. The van der Waals surface area contributed by atoms with Crippen molar-refractivity contribution in [2.24, 2.45) is 4.99 Å². The largest absolute Gasteiger partial charge is 0.376 e. The first-order valence-electron chi connectivity index (χ1n) is 8.78. The van der Waals surface area contributed by atoms with Crippen LogP contribution in [-0.2, 0) is 9.53 Å². The Balaban J connectivity index is 0.00000225. The molecule has 2 atom stereocenters. The van der Waals surface area contributed by atoms with Crippen molar-refractivity contribution < 1.29 is 9.53 Å². The lowest BCUT2D eigenvalue weighted by atomic mass is 10.2. The number of carbonyl (C=O) groups is 1. The van der Waals surface area contributed by atoms with Crippen LogP contribution in [0.5, 0.6) is 0 Å². The molecule has 2 heterocycles. The van der Waals surface area contributed by atoms with Crippen molar-refractivity contribution in [2.45, 2.75) is 38.3 Å². The van der Waals surface area contributed by atoms with Gasteiger partial charge in [-0.2, -0.15) is 0 Å². The predicted molar refractivity (Wildman–Crippen MR) is 111 cm³/mol. The molecule has 0 radical (unpaired) electrons. The van der Waals surface area contributed by atoms with Gasteiger partial charge in [0, 0.05) is 31.8 Å². The summed E-state index contributed by atoms with van der Waals surface area (Å²) in [5, 5.41) is 6.65. The highest BCUT2D eigenvalue weighted by Gasteiger charge is 2.31. The van der Waals surface area contributed by atoms with E-state index in [0.717, 1.165) is 37.6 Å². The third-order valence-electron chi connectivity index (χ3n) is 4.35. The Kier molecular flexibility index (Phi) is 7.95. The van der Waals surface area contributed by atoms with Crippen molar-refractivity contribution in [2.75, 3.05) is 31.1 Å². The summed E-state index contributed by atoms with van der Waals surface area (Å²) in [6.07, 6.45) is 2.91.